The van der Waals surface area contributed by atoms with E-state index in [0.29, 0.717) is 10.1 Å². The molecule has 16 heavy (non-hydrogen) atoms. The third-order valence-electron chi connectivity index (χ3n) is 2.01. The number of imidazole rings is 1. The second-order valence-corrected chi connectivity index (χ2v) is 4.20. The average Bonchev–Trinajstić information content (AvgIpc) is 2.70. The van der Waals surface area contributed by atoms with Crippen molar-refractivity contribution in [1.29, 1.82) is 0 Å². The van der Waals surface area contributed by atoms with Gasteiger partial charge < -0.3 is 4.98 Å². The van der Waals surface area contributed by atoms with Gasteiger partial charge in [0.15, 0.2) is 10.9 Å². The van der Waals surface area contributed by atoms with Crippen molar-refractivity contribution in [2.45, 2.75) is 17.0 Å². The molecule has 5 heteroatoms. The number of benzene rings is 1. The molecule has 2 aromatic rings. The second-order valence-electron chi connectivity index (χ2n) is 3.17. The molecule has 0 unspecified atom stereocenters. The maximum Gasteiger partial charge on any atom is 0.170 e. The van der Waals surface area contributed by atoms with Crippen LogP contribution in [0.15, 0.2) is 40.6 Å². The summed E-state index contributed by atoms with van der Waals surface area (Å²) in [6.07, 6.45) is 3.28. The summed E-state index contributed by atoms with van der Waals surface area (Å²) in [5.41, 5.74) is 0.115. The summed E-state index contributed by atoms with van der Waals surface area (Å²) in [4.78, 5) is 18.8. The fourth-order valence-corrected chi connectivity index (χ4v) is 2.28. The van der Waals surface area contributed by atoms with Gasteiger partial charge in [0.1, 0.15) is 5.82 Å². The number of H-pyrrole nitrogens is 1. The first-order valence-corrected chi connectivity index (χ1v) is 5.47. The minimum atomic E-state index is -0.496. The van der Waals surface area contributed by atoms with Crippen LogP contribution in [0, 0.1) is 5.82 Å². The molecule has 0 saturated heterocycles. The largest absolute Gasteiger partial charge is 0.339 e. The molecule has 0 bridgehead atoms. The molecule has 1 heterocycles. The van der Waals surface area contributed by atoms with Crippen molar-refractivity contribution in [3.8, 4) is 0 Å². The first-order chi connectivity index (χ1) is 7.68. The SMILES string of the molecule is CC(=O)c1c(F)cccc1Sc1ncc[nH]1. The number of aromatic nitrogens is 2. The van der Waals surface area contributed by atoms with Crippen LogP contribution >= 0.6 is 11.8 Å². The van der Waals surface area contributed by atoms with Crippen molar-refractivity contribution in [1.82, 2.24) is 9.97 Å². The Morgan fingerprint density at radius 1 is 1.50 bits per heavy atom. The molecular formula is C11H9FN2OS. The van der Waals surface area contributed by atoms with Gasteiger partial charge in [-0.15, -0.1) is 0 Å². The zero-order chi connectivity index (χ0) is 11.5. The molecule has 0 fully saturated rings. The Morgan fingerprint density at radius 3 is 2.94 bits per heavy atom. The summed E-state index contributed by atoms with van der Waals surface area (Å²) in [5, 5.41) is 0.633. The maximum atomic E-state index is 13.5. The second kappa shape index (κ2) is 4.49. The molecule has 0 spiro atoms. The monoisotopic (exact) mass is 236 g/mol. The third kappa shape index (κ3) is 2.14. The summed E-state index contributed by atoms with van der Waals surface area (Å²) in [7, 11) is 0. The van der Waals surface area contributed by atoms with Crippen molar-refractivity contribution in [3.05, 3.63) is 42.0 Å². The fraction of sp³-hybridized carbons (Fsp3) is 0.0909. The van der Waals surface area contributed by atoms with Crippen molar-refractivity contribution >= 4 is 17.5 Å². The molecule has 0 atom stereocenters. The zero-order valence-electron chi connectivity index (χ0n) is 8.53. The van der Waals surface area contributed by atoms with Crippen molar-refractivity contribution < 1.29 is 9.18 Å². The Kier molecular flexibility index (Phi) is 3.05. The van der Waals surface area contributed by atoms with E-state index in [1.807, 2.05) is 0 Å². The van der Waals surface area contributed by atoms with Gasteiger partial charge in [0.05, 0.1) is 5.56 Å². The molecule has 1 aromatic heterocycles. The summed E-state index contributed by atoms with van der Waals surface area (Å²) in [6.45, 7) is 1.35. The van der Waals surface area contributed by atoms with Gasteiger partial charge in [-0.05, 0) is 19.1 Å². The van der Waals surface area contributed by atoms with E-state index in [9.17, 15) is 9.18 Å². The molecule has 1 aromatic carbocycles. The van der Waals surface area contributed by atoms with Crippen LogP contribution in [0.4, 0.5) is 4.39 Å². The van der Waals surface area contributed by atoms with Crippen LogP contribution < -0.4 is 0 Å². The molecule has 3 nitrogen and oxygen atoms in total. The first-order valence-electron chi connectivity index (χ1n) is 4.65. The molecule has 0 radical (unpaired) electrons. The van der Waals surface area contributed by atoms with Crippen molar-refractivity contribution in [3.63, 3.8) is 0 Å². The normalized spacial score (nSPS) is 10.4. The van der Waals surface area contributed by atoms with Gasteiger partial charge in [-0.1, -0.05) is 17.8 Å². The highest BCUT2D eigenvalue weighted by Gasteiger charge is 2.14. The van der Waals surface area contributed by atoms with E-state index in [2.05, 4.69) is 9.97 Å². The van der Waals surface area contributed by atoms with Crippen LogP contribution in [-0.2, 0) is 0 Å². The molecule has 1 N–H and O–H groups in total. The molecule has 82 valence electrons. The number of hydrogen-bond donors (Lipinski definition) is 1. The van der Waals surface area contributed by atoms with E-state index in [0.717, 1.165) is 0 Å². The summed E-state index contributed by atoms with van der Waals surface area (Å²) in [5.74, 6) is -0.781. The Balaban J connectivity index is 2.40. The van der Waals surface area contributed by atoms with Crippen LogP contribution in [0.5, 0.6) is 0 Å². The van der Waals surface area contributed by atoms with Gasteiger partial charge in [-0.2, -0.15) is 0 Å². The highest BCUT2D eigenvalue weighted by molar-refractivity contribution is 7.99. The number of carbonyl (C=O) groups excluding carboxylic acids is 1. The van der Waals surface area contributed by atoms with Gasteiger partial charge >= 0.3 is 0 Å². The number of ketones is 1. The lowest BCUT2D eigenvalue weighted by Gasteiger charge is -2.05. The van der Waals surface area contributed by atoms with E-state index in [1.165, 1.54) is 24.8 Å². The molecule has 0 amide bonds. The molecule has 0 aliphatic carbocycles. The molecule has 0 saturated carbocycles. The average molecular weight is 236 g/mol. The van der Waals surface area contributed by atoms with Crippen LogP contribution in [0.1, 0.15) is 17.3 Å². The number of nitrogens with one attached hydrogen (secondary N) is 1. The highest BCUT2D eigenvalue weighted by Crippen LogP contribution is 2.29. The molecular weight excluding hydrogens is 227 g/mol. The topological polar surface area (TPSA) is 45.8 Å². The maximum absolute atomic E-state index is 13.5. The van der Waals surface area contributed by atoms with E-state index in [4.69, 9.17) is 0 Å². The van der Waals surface area contributed by atoms with Gasteiger partial charge in [0.25, 0.3) is 0 Å². The predicted octanol–water partition coefficient (Wildman–Crippen LogP) is 2.90. The summed E-state index contributed by atoms with van der Waals surface area (Å²) in [6, 6.07) is 4.56. The van der Waals surface area contributed by atoms with E-state index < -0.39 is 5.82 Å². The van der Waals surface area contributed by atoms with Crippen LogP contribution in [0.25, 0.3) is 0 Å². The summed E-state index contributed by atoms with van der Waals surface area (Å²) < 4.78 is 13.5. The lowest BCUT2D eigenvalue weighted by molar-refractivity contribution is 0.101. The number of Topliss-reactive ketones (excluding diaryl/α,β-unsaturated/α-hetero) is 1. The minimum absolute atomic E-state index is 0.115. The Hall–Kier alpha value is -1.62. The zero-order valence-corrected chi connectivity index (χ0v) is 9.34. The Morgan fingerprint density at radius 2 is 2.31 bits per heavy atom. The van der Waals surface area contributed by atoms with Crippen LogP contribution in [0.2, 0.25) is 0 Å². The summed E-state index contributed by atoms with van der Waals surface area (Å²) >= 11 is 1.24. The smallest absolute Gasteiger partial charge is 0.170 e. The van der Waals surface area contributed by atoms with Crippen LogP contribution in [0.3, 0.4) is 0 Å². The van der Waals surface area contributed by atoms with E-state index >= 15 is 0 Å². The predicted molar refractivity (Wildman–Crippen MR) is 59.1 cm³/mol. The lowest BCUT2D eigenvalue weighted by atomic mass is 10.1. The van der Waals surface area contributed by atoms with Gasteiger partial charge in [0.2, 0.25) is 0 Å². The van der Waals surface area contributed by atoms with Gasteiger partial charge in [-0.3, -0.25) is 4.79 Å². The standard InChI is InChI=1S/C11H9FN2OS/c1-7(15)10-8(12)3-2-4-9(10)16-11-13-5-6-14-11/h2-6H,1H3,(H,13,14). The molecule has 2 rings (SSSR count). The Bertz CT molecular complexity index is 511. The van der Waals surface area contributed by atoms with Crippen molar-refractivity contribution in [2.75, 3.05) is 0 Å². The number of carbonyl (C=O) groups is 1. The number of rotatable bonds is 3. The number of nitrogens with zero attached hydrogens (tertiary/aromatic N) is 1. The van der Waals surface area contributed by atoms with Gasteiger partial charge in [-0.25, -0.2) is 9.37 Å². The molecule has 0 aliphatic heterocycles. The lowest BCUT2D eigenvalue weighted by Crippen LogP contribution is -1.99. The first kappa shape index (κ1) is 10.9. The number of aromatic amines is 1. The molecule has 0 aliphatic rings. The third-order valence-corrected chi connectivity index (χ3v) is 2.98. The van der Waals surface area contributed by atoms with E-state index in [1.54, 1.807) is 24.5 Å². The highest BCUT2D eigenvalue weighted by atomic mass is 32.2. The number of hydrogen-bond acceptors (Lipinski definition) is 3. The van der Waals surface area contributed by atoms with Crippen molar-refractivity contribution in [2.24, 2.45) is 0 Å². The van der Waals surface area contributed by atoms with Crippen LogP contribution in [-0.4, -0.2) is 15.8 Å². The van der Waals surface area contributed by atoms with Gasteiger partial charge in [0, 0.05) is 17.3 Å². The minimum Gasteiger partial charge on any atom is -0.339 e. The fourth-order valence-electron chi connectivity index (χ4n) is 1.34. The Labute approximate surface area is 96.1 Å². The number of halogens is 1. The van der Waals surface area contributed by atoms with E-state index in [-0.39, 0.29) is 11.3 Å². The quantitative estimate of drug-likeness (QED) is 0.833.